The van der Waals surface area contributed by atoms with Crippen molar-refractivity contribution in [2.24, 2.45) is 0 Å². The van der Waals surface area contributed by atoms with Crippen LogP contribution < -0.4 is 5.56 Å². The Morgan fingerprint density at radius 1 is 1.17 bits per heavy atom. The standard InChI is InChI=1S/C25H29N3O2/c1-3-14-28(21-12-11-19-8-4-5-9-20(19)16-21)23(29)13-15-27-17-26-24-18(2)7-6-10-22(24)25(27)30/h4-10,17,21H,3,11-16H2,1-2H3. The predicted molar refractivity (Wildman–Crippen MR) is 120 cm³/mol. The smallest absolute Gasteiger partial charge is 0.261 e. The Kier molecular flexibility index (Phi) is 5.98. The second kappa shape index (κ2) is 8.82. The van der Waals surface area contributed by atoms with Gasteiger partial charge in [0.05, 0.1) is 17.2 Å². The highest BCUT2D eigenvalue weighted by Gasteiger charge is 2.27. The fourth-order valence-corrected chi connectivity index (χ4v) is 4.55. The molecule has 1 aromatic heterocycles. The number of para-hydroxylation sites is 1. The van der Waals surface area contributed by atoms with E-state index in [9.17, 15) is 9.59 Å². The highest BCUT2D eigenvalue weighted by molar-refractivity contribution is 5.80. The molecule has 156 valence electrons. The summed E-state index contributed by atoms with van der Waals surface area (Å²) >= 11 is 0. The summed E-state index contributed by atoms with van der Waals surface area (Å²) in [5, 5.41) is 0.610. The molecule has 0 saturated carbocycles. The number of aryl methyl sites for hydroxylation is 3. The van der Waals surface area contributed by atoms with Crippen LogP contribution in [0.3, 0.4) is 0 Å². The SMILES string of the molecule is CCCN(C(=O)CCn1cnc2c(C)cccc2c1=O)C1CCc2ccccc2C1. The molecule has 1 amide bonds. The van der Waals surface area contributed by atoms with E-state index in [4.69, 9.17) is 0 Å². The molecule has 2 aromatic carbocycles. The average Bonchev–Trinajstić information content (AvgIpc) is 2.77. The van der Waals surface area contributed by atoms with Crippen molar-refractivity contribution < 1.29 is 4.79 Å². The number of hydrogen-bond acceptors (Lipinski definition) is 3. The summed E-state index contributed by atoms with van der Waals surface area (Å²) in [5.41, 5.74) is 4.40. The molecule has 1 heterocycles. The number of nitrogens with zero attached hydrogens (tertiary/aromatic N) is 3. The number of carbonyl (C=O) groups excluding carboxylic acids is 1. The molecule has 0 spiro atoms. The Balaban J connectivity index is 1.49. The van der Waals surface area contributed by atoms with Crippen LogP contribution in [0.5, 0.6) is 0 Å². The molecule has 0 saturated heterocycles. The lowest BCUT2D eigenvalue weighted by Crippen LogP contribution is -2.44. The molecular formula is C25H29N3O2. The van der Waals surface area contributed by atoms with Crippen molar-refractivity contribution in [2.75, 3.05) is 6.54 Å². The lowest BCUT2D eigenvalue weighted by Gasteiger charge is -2.35. The maximum atomic E-state index is 13.1. The monoisotopic (exact) mass is 403 g/mol. The minimum atomic E-state index is -0.0786. The Bertz CT molecular complexity index is 1120. The molecule has 0 N–H and O–H groups in total. The summed E-state index contributed by atoms with van der Waals surface area (Å²) in [6.07, 6.45) is 5.75. The van der Waals surface area contributed by atoms with Gasteiger partial charge >= 0.3 is 0 Å². The molecule has 5 nitrogen and oxygen atoms in total. The van der Waals surface area contributed by atoms with Crippen molar-refractivity contribution in [3.05, 3.63) is 75.8 Å². The number of carbonyl (C=O) groups is 1. The Morgan fingerprint density at radius 2 is 1.97 bits per heavy atom. The quantitative estimate of drug-likeness (QED) is 0.627. The highest BCUT2D eigenvalue weighted by atomic mass is 16.2. The van der Waals surface area contributed by atoms with Gasteiger partial charge in [-0.05, 0) is 55.4 Å². The van der Waals surface area contributed by atoms with Crippen LogP contribution in [-0.2, 0) is 24.2 Å². The first-order valence-electron chi connectivity index (χ1n) is 10.9. The van der Waals surface area contributed by atoms with Crippen LogP contribution in [-0.4, -0.2) is 32.9 Å². The lowest BCUT2D eigenvalue weighted by atomic mass is 9.87. The van der Waals surface area contributed by atoms with Crippen LogP contribution in [0.1, 0.15) is 42.9 Å². The summed E-state index contributed by atoms with van der Waals surface area (Å²) in [6, 6.07) is 14.4. The third kappa shape index (κ3) is 4.02. The number of benzene rings is 2. The van der Waals surface area contributed by atoms with Gasteiger partial charge in [-0.1, -0.05) is 43.3 Å². The van der Waals surface area contributed by atoms with Gasteiger partial charge in [0.1, 0.15) is 0 Å². The van der Waals surface area contributed by atoms with Crippen LogP contribution in [0, 0.1) is 6.92 Å². The van der Waals surface area contributed by atoms with Crippen molar-refractivity contribution >= 4 is 16.8 Å². The van der Waals surface area contributed by atoms with E-state index in [1.54, 1.807) is 17.0 Å². The second-order valence-electron chi connectivity index (χ2n) is 8.22. The fraction of sp³-hybridized carbons (Fsp3) is 0.400. The Labute approximate surface area is 177 Å². The Hall–Kier alpha value is -2.95. The number of amides is 1. The summed E-state index contributed by atoms with van der Waals surface area (Å²) in [7, 11) is 0. The fourth-order valence-electron chi connectivity index (χ4n) is 4.55. The third-order valence-electron chi connectivity index (χ3n) is 6.17. The van der Waals surface area contributed by atoms with Crippen molar-refractivity contribution in [2.45, 2.75) is 58.5 Å². The molecular weight excluding hydrogens is 374 g/mol. The first-order chi connectivity index (χ1) is 14.6. The third-order valence-corrected chi connectivity index (χ3v) is 6.17. The van der Waals surface area contributed by atoms with Gasteiger partial charge in [-0.2, -0.15) is 0 Å². The van der Waals surface area contributed by atoms with Gasteiger partial charge in [-0.25, -0.2) is 4.98 Å². The van der Waals surface area contributed by atoms with Gasteiger partial charge in [0, 0.05) is 25.6 Å². The zero-order chi connectivity index (χ0) is 21.1. The van der Waals surface area contributed by atoms with E-state index in [2.05, 4.69) is 36.2 Å². The molecule has 1 aliphatic rings. The van der Waals surface area contributed by atoms with E-state index < -0.39 is 0 Å². The van der Waals surface area contributed by atoms with Gasteiger partial charge in [-0.3, -0.25) is 14.2 Å². The van der Waals surface area contributed by atoms with Crippen LogP contribution in [0.4, 0.5) is 0 Å². The summed E-state index contributed by atoms with van der Waals surface area (Å²) in [4.78, 5) is 32.5. The molecule has 5 heteroatoms. The van der Waals surface area contributed by atoms with Gasteiger partial charge in [0.25, 0.3) is 5.56 Å². The van der Waals surface area contributed by atoms with Crippen LogP contribution in [0.15, 0.2) is 53.6 Å². The molecule has 0 radical (unpaired) electrons. The molecule has 0 fully saturated rings. The molecule has 0 bridgehead atoms. The van der Waals surface area contributed by atoms with E-state index in [-0.39, 0.29) is 17.5 Å². The average molecular weight is 404 g/mol. The zero-order valence-corrected chi connectivity index (χ0v) is 17.8. The number of fused-ring (bicyclic) bond motifs is 2. The van der Waals surface area contributed by atoms with E-state index in [1.165, 1.54) is 11.1 Å². The van der Waals surface area contributed by atoms with E-state index in [0.29, 0.717) is 18.4 Å². The van der Waals surface area contributed by atoms with Crippen LogP contribution >= 0.6 is 0 Å². The van der Waals surface area contributed by atoms with E-state index in [0.717, 1.165) is 43.3 Å². The summed E-state index contributed by atoms with van der Waals surface area (Å²) in [6.45, 7) is 5.18. The molecule has 0 aliphatic heterocycles. The van der Waals surface area contributed by atoms with Gasteiger partial charge in [-0.15, -0.1) is 0 Å². The first-order valence-corrected chi connectivity index (χ1v) is 10.9. The number of aromatic nitrogens is 2. The Morgan fingerprint density at radius 3 is 2.77 bits per heavy atom. The lowest BCUT2D eigenvalue weighted by molar-refractivity contribution is -0.134. The molecule has 1 aliphatic carbocycles. The van der Waals surface area contributed by atoms with Crippen LogP contribution in [0.2, 0.25) is 0 Å². The van der Waals surface area contributed by atoms with Gasteiger partial charge in [0.15, 0.2) is 0 Å². The molecule has 3 aromatic rings. The van der Waals surface area contributed by atoms with Crippen LogP contribution in [0.25, 0.3) is 10.9 Å². The maximum absolute atomic E-state index is 13.1. The van der Waals surface area contributed by atoms with Crippen molar-refractivity contribution in [1.29, 1.82) is 0 Å². The maximum Gasteiger partial charge on any atom is 0.261 e. The normalized spacial score (nSPS) is 15.7. The predicted octanol–water partition coefficient (Wildman–Crippen LogP) is 3.89. The zero-order valence-electron chi connectivity index (χ0n) is 17.8. The first kappa shape index (κ1) is 20.3. The van der Waals surface area contributed by atoms with Gasteiger partial charge in [0.2, 0.25) is 5.91 Å². The number of hydrogen-bond donors (Lipinski definition) is 0. The van der Waals surface area contributed by atoms with Crippen molar-refractivity contribution in [1.82, 2.24) is 14.5 Å². The largest absolute Gasteiger partial charge is 0.339 e. The summed E-state index contributed by atoms with van der Waals surface area (Å²) < 4.78 is 1.57. The minimum Gasteiger partial charge on any atom is -0.339 e. The second-order valence-corrected chi connectivity index (χ2v) is 8.22. The molecule has 30 heavy (non-hydrogen) atoms. The summed E-state index contributed by atoms with van der Waals surface area (Å²) in [5.74, 6) is 0.123. The molecule has 4 rings (SSSR count). The molecule has 1 atom stereocenters. The van der Waals surface area contributed by atoms with Gasteiger partial charge < -0.3 is 4.90 Å². The van der Waals surface area contributed by atoms with E-state index >= 15 is 0 Å². The van der Waals surface area contributed by atoms with Crippen molar-refractivity contribution in [3.63, 3.8) is 0 Å². The highest BCUT2D eigenvalue weighted by Crippen LogP contribution is 2.25. The topological polar surface area (TPSA) is 55.2 Å². The minimum absolute atomic E-state index is 0.0786. The molecule has 1 unspecified atom stereocenters. The number of rotatable bonds is 6. The van der Waals surface area contributed by atoms with E-state index in [1.807, 2.05) is 24.0 Å². The van der Waals surface area contributed by atoms with Crippen molar-refractivity contribution in [3.8, 4) is 0 Å².